The average Bonchev–Trinajstić information content (AvgIpc) is 1.69. The highest BCUT2D eigenvalue weighted by Gasteiger charge is 2.39. The number of hydrogen-bond donors (Lipinski definition) is 0. The van der Waals surface area contributed by atoms with Crippen molar-refractivity contribution in [3.8, 4) is 0 Å². The van der Waals surface area contributed by atoms with Crippen LogP contribution in [0, 0.1) is 189 Å². The van der Waals surface area contributed by atoms with Gasteiger partial charge in [-0.05, 0) is 222 Å². The molecule has 4 nitrogen and oxygen atoms in total. The average molecular weight is 2090 g/mol. The van der Waals surface area contributed by atoms with Crippen molar-refractivity contribution in [2.45, 2.75) is 493 Å². The van der Waals surface area contributed by atoms with Crippen molar-refractivity contribution in [2.24, 2.45) is 189 Å². The Balaban J connectivity index is -0.0000000918. The van der Waals surface area contributed by atoms with Crippen molar-refractivity contribution in [3.63, 3.8) is 0 Å². The molecule has 0 aromatic carbocycles. The molecule has 0 saturated heterocycles. The molecule has 1 saturated carbocycles. The highest BCUT2D eigenvalue weighted by atomic mass is 19.4. The van der Waals surface area contributed by atoms with E-state index in [-0.39, 0.29) is 118 Å². The Morgan fingerprint density at radius 3 is 0.743 bits per heavy atom. The minimum Gasteiger partial charge on any atom is -0.384 e. The maximum Gasteiger partial charge on any atom is 0.522 e. The normalized spacial score (nSPS) is 16.1. The summed E-state index contributed by atoms with van der Waals surface area (Å²) < 4.78 is 285. The molecule has 140 heavy (non-hydrogen) atoms. The molecule has 16 atom stereocenters. The molecule has 1 aliphatic rings. The standard InChI is InChI=1S/C8H15F3.C8H16F2.C8H17F.C8H18.C7H13F3O.2C7H13F3.C7H14F2O.C7H14F2.C7H15F.C7H14O.C7H16O.C7H16.C6H12F2.C6H13F.C6H14/c1-6(2)7(3)4-5-8(9,10)11;1-6(2)7(3)4-5-8(9)10;1-7(2)8(3)5-4-6-9;1-5-6-8(4)7(2)3;1-5(2)6(3)4-11-7(8,9)10;2*1-5(2)6(3)4-7(8,9)10;1-5(2)6(3)4-10-7(8)9;1-5(2)6(3)4-7(8)9;1-6(2)7(3)4-5-8;1-5(2)6-4-7(6)8-3;1-6(2)7(3)5-8-4;1-5-7(4)6(2)3;1-4(2)5(3)6(7)8;1-5(2)6(3)4-7;1-5(2)6(3)4/h6-7H,4-5H2,1-3H3;6-8H,4-5H2,1-3H3;7-8H,4-6H2,1-3H3;7-8H,5-6H2,1-4H3;5-6H,4H2,1-3H3;2*5-6H,4H2,1-3H3;5-7H,4H2,1-3H3;5-7H,4H2,1-3H3;6-7H,4-5H2,1-3H3;5-7H,4H2,1-3H3;6-7H,5H2,1-4H3;6-7H,5H2,1-4H3;4-6H,1-3H3;5-6H,4H2,1-3H3;5-6H,1-4H3/t2*7-;2*8-;5*6-;7-;6-,7+;2*7-;5-;6-;/m000000000010010./s1. The van der Waals surface area contributed by atoms with Gasteiger partial charge in [-0.2, -0.15) is 48.3 Å². The maximum atomic E-state index is 11.7. The third kappa shape index (κ3) is 154. The zero-order valence-corrected chi connectivity index (χ0v) is 99.8. The zero-order valence-electron chi connectivity index (χ0n) is 99.8. The Hall–Kier alpha value is -1.77. The summed E-state index contributed by atoms with van der Waals surface area (Å²) in [6, 6.07) is 0. The summed E-state index contributed by atoms with van der Waals surface area (Å²) in [6.07, 6.45) is -15.4. The Kier molecular flexibility index (Phi) is 126. The van der Waals surface area contributed by atoms with Gasteiger partial charge >= 0.3 is 31.5 Å². The molecule has 1 aliphatic carbocycles. The van der Waals surface area contributed by atoms with Gasteiger partial charge in [-0.1, -0.05) is 365 Å². The fourth-order valence-corrected chi connectivity index (χ4v) is 8.62. The molecular formula is C113H233F23O4. The summed E-state index contributed by atoms with van der Waals surface area (Å²) in [5.41, 5.74) is 0. The van der Waals surface area contributed by atoms with Gasteiger partial charge in [0, 0.05) is 58.8 Å². The van der Waals surface area contributed by atoms with Gasteiger partial charge in [0.05, 0.1) is 39.3 Å². The first-order valence-electron chi connectivity index (χ1n) is 53.3. The van der Waals surface area contributed by atoms with Gasteiger partial charge in [-0.3, -0.25) is 17.9 Å². The van der Waals surface area contributed by atoms with Crippen molar-refractivity contribution >= 4 is 0 Å². The molecule has 27 heteroatoms. The van der Waals surface area contributed by atoms with Gasteiger partial charge in [0.2, 0.25) is 19.3 Å². The van der Waals surface area contributed by atoms with Crippen LogP contribution >= 0.6 is 0 Å². The fourth-order valence-electron chi connectivity index (χ4n) is 8.62. The highest BCUT2D eigenvalue weighted by Crippen LogP contribution is 2.39. The smallest absolute Gasteiger partial charge is 0.384 e. The van der Waals surface area contributed by atoms with Crippen LogP contribution in [0.5, 0.6) is 0 Å². The van der Waals surface area contributed by atoms with E-state index in [9.17, 15) is 101 Å². The molecule has 870 valence electrons. The van der Waals surface area contributed by atoms with Crippen molar-refractivity contribution in [1.29, 1.82) is 0 Å². The van der Waals surface area contributed by atoms with Crippen molar-refractivity contribution < 1.29 is 120 Å². The summed E-state index contributed by atoms with van der Waals surface area (Å²) >= 11 is 0. The summed E-state index contributed by atoms with van der Waals surface area (Å²) in [5, 5.41) is 0. The van der Waals surface area contributed by atoms with Crippen LogP contribution in [0.3, 0.4) is 0 Å². The second-order valence-electron chi connectivity index (χ2n) is 45.6. The molecule has 0 unspecified atom stereocenters. The van der Waals surface area contributed by atoms with E-state index in [1.165, 1.54) is 25.7 Å². The van der Waals surface area contributed by atoms with E-state index in [0.717, 1.165) is 79.1 Å². The monoisotopic (exact) mass is 2090 g/mol. The van der Waals surface area contributed by atoms with Crippen LogP contribution in [0.4, 0.5) is 101 Å². The Bertz CT molecular complexity index is 2210. The van der Waals surface area contributed by atoms with E-state index in [4.69, 9.17) is 9.47 Å². The van der Waals surface area contributed by atoms with Crippen molar-refractivity contribution in [1.82, 2.24) is 0 Å². The second-order valence-corrected chi connectivity index (χ2v) is 45.6. The van der Waals surface area contributed by atoms with E-state index >= 15 is 0 Å². The lowest BCUT2D eigenvalue weighted by atomic mass is 9.93. The fraction of sp³-hybridized carbons (Fsp3) is 1.00. The summed E-state index contributed by atoms with van der Waals surface area (Å²) in [6.45, 7) is 99.5. The zero-order chi connectivity index (χ0) is 115. The minimum atomic E-state index is -4.48. The van der Waals surface area contributed by atoms with Gasteiger partial charge < -0.3 is 14.2 Å². The van der Waals surface area contributed by atoms with Crippen LogP contribution in [-0.2, 0) is 18.9 Å². The predicted molar refractivity (Wildman–Crippen MR) is 561 cm³/mol. The minimum absolute atomic E-state index is 0.0394. The lowest BCUT2D eigenvalue weighted by molar-refractivity contribution is -0.328. The topological polar surface area (TPSA) is 36.9 Å². The SMILES string of the molecule is CC(C)C(C)C.CC(C)[C@@H](C)C(F)F.CC(C)[C@@H](C)CC(F)(F)F.CC(C)[C@@H](C)CC(F)(F)F.CC(C)[C@@H](C)CC(F)F.CC(C)[C@@H](C)CCC(F)(F)F.CC(C)[C@@H](C)CCC(F)F.CC(C)[C@@H](C)CCCF.CC(C)[C@@H](C)CCF.CC(C)[C@@H](C)CF.CC(C)[C@@H](C)COC(F)(F)F.CC(C)[C@@H](C)COC(F)F.CCC[C@H](C)C(C)C.CC[C@H](C)C(C)C.COC[C@H](C)C(C)C.CO[C@H]1C[C@@H]1C(C)C. The summed E-state index contributed by atoms with van der Waals surface area (Å²) in [7, 11) is 3.55. The van der Waals surface area contributed by atoms with Crippen LogP contribution in [0.15, 0.2) is 0 Å². The number of alkyl halides is 23. The molecule has 1 fully saturated rings. The molecule has 0 spiro atoms. The number of rotatable bonds is 43. The largest absolute Gasteiger partial charge is 0.522 e. The molecule has 0 bridgehead atoms. The van der Waals surface area contributed by atoms with Crippen LogP contribution in [-0.4, -0.2) is 111 Å². The van der Waals surface area contributed by atoms with Gasteiger partial charge in [0.1, 0.15) is 0 Å². The first kappa shape index (κ1) is 171. The second kappa shape index (κ2) is 103. The summed E-state index contributed by atoms with van der Waals surface area (Å²) in [5.74, 6) is 13.7. The number of hydrogen-bond acceptors (Lipinski definition) is 4. The van der Waals surface area contributed by atoms with E-state index in [1.54, 1.807) is 83.5 Å². The maximum absolute atomic E-state index is 11.7. The third-order valence-corrected chi connectivity index (χ3v) is 27.3. The molecule has 1 rings (SSSR count). The number of ether oxygens (including phenoxy) is 4. The van der Waals surface area contributed by atoms with Crippen LogP contribution in [0.25, 0.3) is 0 Å². The predicted octanol–water partition coefficient (Wildman–Crippen LogP) is 43.8. The van der Waals surface area contributed by atoms with E-state index in [0.29, 0.717) is 77.6 Å². The Labute approximate surface area is 852 Å². The first-order chi connectivity index (χ1) is 63.0. The molecule has 0 radical (unpaired) electrons. The number of methoxy groups -OCH3 is 2. The van der Waals surface area contributed by atoms with E-state index < -0.39 is 76.0 Å². The quantitative estimate of drug-likeness (QED) is 0.0570. The van der Waals surface area contributed by atoms with E-state index in [1.807, 2.05) is 104 Å². The van der Waals surface area contributed by atoms with Crippen molar-refractivity contribution in [2.75, 3.05) is 54.1 Å². The van der Waals surface area contributed by atoms with Crippen LogP contribution < -0.4 is 0 Å². The molecule has 0 aromatic rings. The lowest BCUT2D eigenvalue weighted by Crippen LogP contribution is -2.20. The van der Waals surface area contributed by atoms with Gasteiger partial charge in [-0.15, -0.1) is 13.2 Å². The molecule has 0 aliphatic heterocycles. The molecule has 0 amide bonds. The molecule has 0 N–H and O–H groups in total. The summed E-state index contributed by atoms with van der Waals surface area (Å²) in [4.78, 5) is 0. The lowest BCUT2D eigenvalue weighted by Gasteiger charge is -2.16. The highest BCUT2D eigenvalue weighted by molar-refractivity contribution is 4.89. The molecule has 0 aromatic heterocycles. The van der Waals surface area contributed by atoms with Crippen LogP contribution in [0.2, 0.25) is 0 Å². The van der Waals surface area contributed by atoms with Gasteiger partial charge in [0.15, 0.2) is 0 Å². The Morgan fingerprint density at radius 2 is 0.593 bits per heavy atom. The van der Waals surface area contributed by atoms with Gasteiger partial charge in [0.25, 0.3) is 0 Å². The van der Waals surface area contributed by atoms with Crippen molar-refractivity contribution in [3.05, 3.63) is 0 Å². The first-order valence-corrected chi connectivity index (χ1v) is 53.3. The molecule has 0 heterocycles. The molecular weight excluding hydrogens is 1860 g/mol. The van der Waals surface area contributed by atoms with Gasteiger partial charge in [-0.25, -0.2) is 26.3 Å². The van der Waals surface area contributed by atoms with E-state index in [2.05, 4.69) is 183 Å². The Morgan fingerprint density at radius 1 is 0.286 bits per heavy atom. The third-order valence-electron chi connectivity index (χ3n) is 27.3. The number of halogens is 23. The van der Waals surface area contributed by atoms with Crippen LogP contribution in [0.1, 0.15) is 436 Å².